The number of urea groups is 1. The summed E-state index contributed by atoms with van der Waals surface area (Å²) in [6.45, 7) is 4.33. The number of rotatable bonds is 5. The van der Waals surface area contributed by atoms with Crippen molar-refractivity contribution >= 4 is 34.2 Å². The second-order valence-corrected chi connectivity index (χ2v) is 10.1. The third kappa shape index (κ3) is 3.74. The lowest BCUT2D eigenvalue weighted by Gasteiger charge is -2.32. The number of carbonyl (C=O) groups excluding carboxylic acids is 2. The van der Waals surface area contributed by atoms with Crippen LogP contribution < -0.4 is 15.5 Å². The van der Waals surface area contributed by atoms with E-state index in [0.29, 0.717) is 13.1 Å². The van der Waals surface area contributed by atoms with Crippen LogP contribution in [0.4, 0.5) is 16.2 Å². The van der Waals surface area contributed by atoms with E-state index in [4.69, 9.17) is 0 Å². The Labute approximate surface area is 199 Å². The van der Waals surface area contributed by atoms with E-state index in [1.165, 1.54) is 16.5 Å². The highest BCUT2D eigenvalue weighted by molar-refractivity contribution is 5.97. The van der Waals surface area contributed by atoms with Gasteiger partial charge in [0, 0.05) is 61.1 Å². The Hall–Kier alpha value is -3.32. The second kappa shape index (κ2) is 8.17. The molecule has 7 nitrogen and oxygen atoms in total. The van der Waals surface area contributed by atoms with Crippen molar-refractivity contribution in [2.45, 2.75) is 25.8 Å². The van der Waals surface area contributed by atoms with Crippen LogP contribution >= 0.6 is 0 Å². The van der Waals surface area contributed by atoms with Crippen LogP contribution in [0, 0.1) is 11.3 Å². The first-order chi connectivity index (χ1) is 16.5. The van der Waals surface area contributed by atoms with Gasteiger partial charge in [-0.25, -0.2) is 4.79 Å². The van der Waals surface area contributed by atoms with Gasteiger partial charge in [-0.05, 0) is 67.6 Å². The lowest BCUT2D eigenvalue weighted by Crippen LogP contribution is -2.35. The van der Waals surface area contributed by atoms with E-state index < -0.39 is 0 Å². The Morgan fingerprint density at radius 2 is 1.94 bits per heavy atom. The summed E-state index contributed by atoms with van der Waals surface area (Å²) in [6.07, 6.45) is 5.38. The zero-order valence-corrected chi connectivity index (χ0v) is 19.6. The van der Waals surface area contributed by atoms with E-state index in [-0.39, 0.29) is 23.3 Å². The first kappa shape index (κ1) is 21.2. The summed E-state index contributed by atoms with van der Waals surface area (Å²) < 4.78 is 2.21. The molecular weight excluding hydrogens is 426 g/mol. The van der Waals surface area contributed by atoms with E-state index in [9.17, 15) is 9.59 Å². The SMILES string of the molecule is Cn1cc(CN2CCC3(CC2)CC3C(=O)Nc2cccc(N3CCNC3=O)c2)c2ccccc21. The summed E-state index contributed by atoms with van der Waals surface area (Å²) in [6, 6.07) is 16.1. The first-order valence-electron chi connectivity index (χ1n) is 12.2. The summed E-state index contributed by atoms with van der Waals surface area (Å²) in [5, 5.41) is 7.27. The van der Waals surface area contributed by atoms with Crippen LogP contribution in [0.2, 0.25) is 0 Å². The molecule has 1 aromatic heterocycles. The fraction of sp³-hybridized carbons (Fsp3) is 0.407. The average molecular weight is 458 g/mol. The largest absolute Gasteiger partial charge is 0.350 e. The maximum atomic E-state index is 13.0. The quantitative estimate of drug-likeness (QED) is 0.610. The van der Waals surface area contributed by atoms with Gasteiger partial charge in [-0.3, -0.25) is 14.6 Å². The van der Waals surface area contributed by atoms with Gasteiger partial charge in [0.05, 0.1) is 0 Å². The van der Waals surface area contributed by atoms with E-state index in [2.05, 4.69) is 57.6 Å². The minimum atomic E-state index is -0.0834. The van der Waals surface area contributed by atoms with Crippen molar-refractivity contribution in [3.8, 4) is 0 Å². The number of carbonyl (C=O) groups is 2. The highest BCUT2D eigenvalue weighted by Gasteiger charge is 2.58. The van der Waals surface area contributed by atoms with Crippen LogP contribution in [0.1, 0.15) is 24.8 Å². The summed E-state index contributed by atoms with van der Waals surface area (Å²) in [5.41, 5.74) is 4.40. The predicted octanol–water partition coefficient (Wildman–Crippen LogP) is 3.95. The van der Waals surface area contributed by atoms with Crippen molar-refractivity contribution in [2.24, 2.45) is 18.4 Å². The molecule has 34 heavy (non-hydrogen) atoms. The second-order valence-electron chi connectivity index (χ2n) is 10.1. The summed E-state index contributed by atoms with van der Waals surface area (Å²) in [4.78, 5) is 29.2. The monoisotopic (exact) mass is 457 g/mol. The van der Waals surface area contributed by atoms with Gasteiger partial charge in [-0.2, -0.15) is 0 Å². The Bertz CT molecular complexity index is 1260. The predicted molar refractivity (Wildman–Crippen MR) is 134 cm³/mol. The number of piperidine rings is 1. The molecule has 3 amide bonds. The minimum absolute atomic E-state index is 0.0834. The summed E-state index contributed by atoms with van der Waals surface area (Å²) in [7, 11) is 2.11. The number of hydrogen-bond donors (Lipinski definition) is 2. The molecule has 176 valence electrons. The maximum absolute atomic E-state index is 13.0. The standard InChI is InChI=1S/C27H31N5O2/c1-30-17-19(22-7-2-3-8-24(22)30)18-31-12-9-27(10-13-31)16-23(27)25(33)29-20-5-4-6-21(15-20)32-14-11-28-26(32)34/h2-8,15,17,23H,9-14,16,18H2,1H3,(H,28,34)(H,29,33). The van der Waals surface area contributed by atoms with E-state index >= 15 is 0 Å². The van der Waals surface area contributed by atoms with Crippen LogP contribution in [-0.4, -0.2) is 47.6 Å². The third-order valence-electron chi connectivity index (χ3n) is 8.01. The molecule has 3 aromatic rings. The Kier molecular flexibility index (Phi) is 5.10. The topological polar surface area (TPSA) is 69.6 Å². The molecule has 3 fully saturated rings. The molecule has 6 rings (SSSR count). The molecule has 1 aliphatic carbocycles. The van der Waals surface area contributed by atoms with Crippen LogP contribution in [0.5, 0.6) is 0 Å². The molecule has 1 spiro atoms. The molecule has 2 aliphatic heterocycles. The highest BCUT2D eigenvalue weighted by Crippen LogP contribution is 2.59. The molecule has 2 N–H and O–H groups in total. The summed E-state index contributed by atoms with van der Waals surface area (Å²) >= 11 is 0. The molecular formula is C27H31N5O2. The number of aromatic nitrogens is 1. The molecule has 0 radical (unpaired) electrons. The minimum Gasteiger partial charge on any atom is -0.350 e. The molecule has 1 saturated carbocycles. The van der Waals surface area contributed by atoms with Crippen molar-refractivity contribution in [1.29, 1.82) is 0 Å². The highest BCUT2D eigenvalue weighted by atomic mass is 16.2. The number of nitrogens with one attached hydrogen (secondary N) is 2. The van der Waals surface area contributed by atoms with E-state index in [1.807, 2.05) is 24.3 Å². The Balaban J connectivity index is 1.06. The van der Waals surface area contributed by atoms with Crippen molar-refractivity contribution in [2.75, 3.05) is 36.4 Å². The number of fused-ring (bicyclic) bond motifs is 1. The van der Waals surface area contributed by atoms with Gasteiger partial charge in [-0.15, -0.1) is 0 Å². The van der Waals surface area contributed by atoms with Gasteiger partial charge in [-0.1, -0.05) is 24.3 Å². The molecule has 3 aliphatic rings. The van der Waals surface area contributed by atoms with Crippen molar-refractivity contribution in [1.82, 2.24) is 14.8 Å². The van der Waals surface area contributed by atoms with Crippen molar-refractivity contribution in [3.05, 3.63) is 60.3 Å². The van der Waals surface area contributed by atoms with Gasteiger partial charge in [0.25, 0.3) is 0 Å². The van der Waals surface area contributed by atoms with Gasteiger partial charge in [0.2, 0.25) is 5.91 Å². The van der Waals surface area contributed by atoms with E-state index in [1.54, 1.807) is 4.90 Å². The van der Waals surface area contributed by atoms with Gasteiger partial charge >= 0.3 is 6.03 Å². The van der Waals surface area contributed by atoms with Crippen molar-refractivity contribution < 1.29 is 9.59 Å². The molecule has 1 atom stereocenters. The van der Waals surface area contributed by atoms with Crippen molar-refractivity contribution in [3.63, 3.8) is 0 Å². The van der Waals surface area contributed by atoms with E-state index in [0.717, 1.165) is 50.3 Å². The number of para-hydroxylation sites is 1. The van der Waals surface area contributed by atoms with Crippen LogP contribution in [0.15, 0.2) is 54.7 Å². The number of benzene rings is 2. The Morgan fingerprint density at radius 3 is 2.74 bits per heavy atom. The van der Waals surface area contributed by atoms with Crippen LogP contribution in [0.3, 0.4) is 0 Å². The van der Waals surface area contributed by atoms with Crippen LogP contribution in [-0.2, 0) is 18.4 Å². The lowest BCUT2D eigenvalue weighted by molar-refractivity contribution is -0.118. The van der Waals surface area contributed by atoms with Gasteiger partial charge in [0.15, 0.2) is 0 Å². The molecule has 0 bridgehead atoms. The normalized spacial score (nSPS) is 21.7. The zero-order valence-electron chi connectivity index (χ0n) is 19.6. The number of anilines is 2. The fourth-order valence-electron chi connectivity index (χ4n) is 5.92. The molecule has 7 heteroatoms. The third-order valence-corrected chi connectivity index (χ3v) is 8.01. The molecule has 2 aromatic carbocycles. The fourth-order valence-corrected chi connectivity index (χ4v) is 5.92. The number of nitrogens with zero attached hydrogens (tertiary/aromatic N) is 3. The van der Waals surface area contributed by atoms with Gasteiger partial charge < -0.3 is 15.2 Å². The van der Waals surface area contributed by atoms with Gasteiger partial charge in [0.1, 0.15) is 0 Å². The number of amides is 3. The molecule has 3 heterocycles. The average Bonchev–Trinajstić information content (AvgIpc) is 3.21. The smallest absolute Gasteiger partial charge is 0.321 e. The first-order valence-corrected chi connectivity index (χ1v) is 12.2. The maximum Gasteiger partial charge on any atom is 0.321 e. The summed E-state index contributed by atoms with van der Waals surface area (Å²) in [5.74, 6) is 0.205. The number of hydrogen-bond acceptors (Lipinski definition) is 3. The molecule has 1 unspecified atom stereocenters. The van der Waals surface area contributed by atoms with Crippen LogP contribution in [0.25, 0.3) is 10.9 Å². The lowest BCUT2D eigenvalue weighted by atomic mass is 9.90. The zero-order chi connectivity index (χ0) is 23.3. The number of likely N-dealkylation sites (tertiary alicyclic amines) is 1. The molecule has 2 saturated heterocycles. The number of aryl methyl sites for hydroxylation is 1. The Morgan fingerprint density at radius 1 is 1.12 bits per heavy atom.